The van der Waals surface area contributed by atoms with Gasteiger partial charge in [-0.15, -0.1) is 0 Å². The molecule has 2 heterocycles. The molecule has 0 saturated carbocycles. The predicted molar refractivity (Wildman–Crippen MR) is 85.9 cm³/mol. The van der Waals surface area contributed by atoms with E-state index < -0.39 is 5.82 Å². The van der Waals surface area contributed by atoms with Gasteiger partial charge >= 0.3 is 6.01 Å². The number of imidazole rings is 1. The van der Waals surface area contributed by atoms with E-state index >= 15 is 0 Å². The van der Waals surface area contributed by atoms with Gasteiger partial charge in [-0.3, -0.25) is 0 Å². The standard InChI is InChI=1S/C16H11ClFN5O/c1-2-24-16-20-7-9(8-21-16)14-12(6-19)22-15(23-14)13-10(17)4-3-5-11(13)18/h3-5,7-8H,2H2,1H3,(H,22,23). The number of ether oxygens (including phenoxy) is 1. The van der Waals surface area contributed by atoms with Crippen molar-refractivity contribution in [2.75, 3.05) is 6.61 Å². The van der Waals surface area contributed by atoms with Crippen molar-refractivity contribution in [2.45, 2.75) is 6.92 Å². The largest absolute Gasteiger partial charge is 0.464 e. The van der Waals surface area contributed by atoms with E-state index in [0.29, 0.717) is 17.9 Å². The summed E-state index contributed by atoms with van der Waals surface area (Å²) in [5.74, 6) is -0.367. The molecule has 3 rings (SSSR count). The van der Waals surface area contributed by atoms with Crippen molar-refractivity contribution in [3.8, 4) is 34.7 Å². The number of benzene rings is 1. The molecular weight excluding hydrogens is 333 g/mol. The minimum absolute atomic E-state index is 0.0945. The first-order chi connectivity index (χ1) is 11.6. The minimum Gasteiger partial charge on any atom is -0.464 e. The Kier molecular flexibility index (Phi) is 4.40. The molecule has 0 aliphatic carbocycles. The van der Waals surface area contributed by atoms with Crippen molar-refractivity contribution in [3.63, 3.8) is 0 Å². The molecule has 120 valence electrons. The van der Waals surface area contributed by atoms with Gasteiger partial charge in [0.05, 0.1) is 22.9 Å². The molecule has 3 aromatic rings. The molecule has 2 aromatic heterocycles. The van der Waals surface area contributed by atoms with E-state index in [9.17, 15) is 9.65 Å². The molecule has 0 radical (unpaired) electrons. The lowest BCUT2D eigenvalue weighted by molar-refractivity contribution is 0.312. The Bertz CT molecular complexity index is 897. The maximum absolute atomic E-state index is 14.1. The molecule has 0 unspecified atom stereocenters. The number of hydrogen-bond acceptors (Lipinski definition) is 5. The Balaban J connectivity index is 2.07. The zero-order valence-electron chi connectivity index (χ0n) is 12.5. The molecule has 0 aliphatic heterocycles. The third-order valence-electron chi connectivity index (χ3n) is 3.20. The van der Waals surface area contributed by atoms with Gasteiger partial charge in [-0.1, -0.05) is 17.7 Å². The lowest BCUT2D eigenvalue weighted by Gasteiger charge is -2.03. The molecule has 0 bridgehead atoms. The van der Waals surface area contributed by atoms with Crippen molar-refractivity contribution >= 4 is 11.6 Å². The number of halogens is 2. The summed E-state index contributed by atoms with van der Waals surface area (Å²) in [5, 5.41) is 9.49. The molecule has 0 spiro atoms. The van der Waals surface area contributed by atoms with Crippen LogP contribution in [0.5, 0.6) is 6.01 Å². The SMILES string of the molecule is CCOc1ncc(-c2[nH]c(-c3c(F)cccc3Cl)nc2C#N)cn1. The summed E-state index contributed by atoms with van der Waals surface area (Å²) in [7, 11) is 0. The molecule has 1 N–H and O–H groups in total. The van der Waals surface area contributed by atoms with Crippen molar-refractivity contribution in [1.29, 1.82) is 5.26 Å². The Hall–Kier alpha value is -2.98. The predicted octanol–water partition coefficient (Wildman–Crippen LogP) is 3.60. The molecule has 0 atom stereocenters. The van der Waals surface area contributed by atoms with Crippen LogP contribution in [0.3, 0.4) is 0 Å². The number of rotatable bonds is 4. The molecular formula is C16H11ClFN5O. The smallest absolute Gasteiger partial charge is 0.316 e. The van der Waals surface area contributed by atoms with Crippen LogP contribution in [0, 0.1) is 17.1 Å². The summed E-state index contributed by atoms with van der Waals surface area (Å²) >= 11 is 6.05. The maximum atomic E-state index is 14.1. The van der Waals surface area contributed by atoms with Crippen LogP contribution >= 0.6 is 11.6 Å². The van der Waals surface area contributed by atoms with Crippen molar-refractivity contribution in [3.05, 3.63) is 47.1 Å². The lowest BCUT2D eigenvalue weighted by Crippen LogP contribution is -1.97. The van der Waals surface area contributed by atoms with E-state index in [-0.39, 0.29) is 28.1 Å². The van der Waals surface area contributed by atoms with Gasteiger partial charge in [0.2, 0.25) is 0 Å². The number of nitrogens with zero attached hydrogens (tertiary/aromatic N) is 4. The van der Waals surface area contributed by atoms with Gasteiger partial charge in [0.15, 0.2) is 5.69 Å². The maximum Gasteiger partial charge on any atom is 0.316 e. The Morgan fingerprint density at radius 3 is 2.71 bits per heavy atom. The lowest BCUT2D eigenvalue weighted by atomic mass is 10.2. The van der Waals surface area contributed by atoms with Gasteiger partial charge in [-0.05, 0) is 19.1 Å². The molecule has 24 heavy (non-hydrogen) atoms. The van der Waals surface area contributed by atoms with Crippen LogP contribution in [0.15, 0.2) is 30.6 Å². The van der Waals surface area contributed by atoms with Crippen LogP contribution < -0.4 is 4.74 Å². The molecule has 0 aliphatic rings. The monoisotopic (exact) mass is 343 g/mol. The zero-order chi connectivity index (χ0) is 17.1. The number of aromatic nitrogens is 4. The topological polar surface area (TPSA) is 87.5 Å². The second-order valence-electron chi connectivity index (χ2n) is 4.70. The van der Waals surface area contributed by atoms with Gasteiger partial charge in [-0.2, -0.15) is 5.26 Å². The van der Waals surface area contributed by atoms with Crippen molar-refractivity contribution in [2.24, 2.45) is 0 Å². The second-order valence-corrected chi connectivity index (χ2v) is 5.11. The van der Waals surface area contributed by atoms with Crippen LogP contribution in [-0.2, 0) is 0 Å². The average molecular weight is 344 g/mol. The summed E-state index contributed by atoms with van der Waals surface area (Å²) in [5.41, 5.74) is 1.11. The summed E-state index contributed by atoms with van der Waals surface area (Å²) in [4.78, 5) is 15.1. The van der Waals surface area contributed by atoms with Crippen molar-refractivity contribution < 1.29 is 9.13 Å². The fourth-order valence-electron chi connectivity index (χ4n) is 2.15. The average Bonchev–Trinajstić information content (AvgIpc) is 3.00. The summed E-state index contributed by atoms with van der Waals surface area (Å²) < 4.78 is 19.2. The minimum atomic E-state index is -0.532. The Morgan fingerprint density at radius 2 is 2.08 bits per heavy atom. The third kappa shape index (κ3) is 2.92. The zero-order valence-corrected chi connectivity index (χ0v) is 13.3. The Morgan fingerprint density at radius 1 is 1.33 bits per heavy atom. The highest BCUT2D eigenvalue weighted by Gasteiger charge is 2.18. The highest BCUT2D eigenvalue weighted by molar-refractivity contribution is 6.33. The third-order valence-corrected chi connectivity index (χ3v) is 3.51. The van der Waals surface area contributed by atoms with Gasteiger partial charge in [-0.25, -0.2) is 19.3 Å². The van der Waals surface area contributed by atoms with E-state index in [1.165, 1.54) is 24.5 Å². The molecule has 1 aromatic carbocycles. The van der Waals surface area contributed by atoms with Gasteiger partial charge in [0, 0.05) is 18.0 Å². The molecule has 0 amide bonds. The van der Waals surface area contributed by atoms with Crippen LogP contribution in [0.4, 0.5) is 4.39 Å². The Labute approximate surface area is 141 Å². The van der Waals surface area contributed by atoms with Crippen LogP contribution in [0.25, 0.3) is 22.6 Å². The summed E-state index contributed by atoms with van der Waals surface area (Å²) in [6, 6.07) is 6.52. The number of aromatic amines is 1. The van der Waals surface area contributed by atoms with Crippen LogP contribution in [-0.4, -0.2) is 26.5 Å². The first-order valence-corrected chi connectivity index (χ1v) is 7.41. The number of nitriles is 1. The van der Waals surface area contributed by atoms with Crippen LogP contribution in [0.2, 0.25) is 5.02 Å². The van der Waals surface area contributed by atoms with Gasteiger partial charge < -0.3 is 9.72 Å². The fourth-order valence-corrected chi connectivity index (χ4v) is 2.41. The van der Waals surface area contributed by atoms with E-state index in [2.05, 4.69) is 19.9 Å². The fraction of sp³-hybridized carbons (Fsp3) is 0.125. The van der Waals surface area contributed by atoms with Crippen molar-refractivity contribution in [1.82, 2.24) is 19.9 Å². The normalized spacial score (nSPS) is 10.4. The van der Waals surface area contributed by atoms with E-state index in [0.717, 1.165) is 0 Å². The highest BCUT2D eigenvalue weighted by atomic mass is 35.5. The molecule has 8 heteroatoms. The quantitative estimate of drug-likeness (QED) is 0.782. The summed E-state index contributed by atoms with van der Waals surface area (Å²) in [6.45, 7) is 2.27. The summed E-state index contributed by atoms with van der Waals surface area (Å²) in [6.07, 6.45) is 3.00. The molecule has 0 saturated heterocycles. The first-order valence-electron chi connectivity index (χ1n) is 7.03. The van der Waals surface area contributed by atoms with E-state index in [1.807, 2.05) is 13.0 Å². The number of hydrogen-bond donors (Lipinski definition) is 1. The van der Waals surface area contributed by atoms with Gasteiger partial charge in [0.1, 0.15) is 17.7 Å². The first kappa shape index (κ1) is 15.9. The van der Waals surface area contributed by atoms with Gasteiger partial charge in [0.25, 0.3) is 0 Å². The number of nitrogens with one attached hydrogen (secondary N) is 1. The van der Waals surface area contributed by atoms with E-state index in [1.54, 1.807) is 6.07 Å². The number of H-pyrrole nitrogens is 1. The highest BCUT2D eigenvalue weighted by Crippen LogP contribution is 2.31. The second kappa shape index (κ2) is 6.64. The van der Waals surface area contributed by atoms with Crippen LogP contribution in [0.1, 0.15) is 12.6 Å². The molecule has 6 nitrogen and oxygen atoms in total. The molecule has 0 fully saturated rings. The van der Waals surface area contributed by atoms with E-state index in [4.69, 9.17) is 16.3 Å².